The Bertz CT molecular complexity index is 515. The normalized spacial score (nSPS) is 10.0. The molecule has 1 aromatic carbocycles. The molecule has 112 valence electrons. The van der Waals surface area contributed by atoms with Crippen molar-refractivity contribution in [3.05, 3.63) is 29.8 Å². The highest BCUT2D eigenvalue weighted by atomic mass is 16.2. The molecule has 0 saturated heterocycles. The van der Waals surface area contributed by atoms with Crippen molar-refractivity contribution < 1.29 is 9.59 Å². The molecule has 0 fully saturated rings. The summed E-state index contributed by atoms with van der Waals surface area (Å²) in [5.74, 6) is -1.37. The topological polar surface area (TPSA) is 85.2 Å². The highest BCUT2D eigenvalue weighted by Crippen LogP contribution is 2.08. The quantitative estimate of drug-likeness (QED) is 0.763. The zero-order valence-electron chi connectivity index (χ0n) is 12.3. The summed E-state index contributed by atoms with van der Waals surface area (Å²) in [5.41, 5.74) is 0.981. The summed E-state index contributed by atoms with van der Waals surface area (Å²) in [6.45, 7) is 7.05. The van der Waals surface area contributed by atoms with Crippen LogP contribution in [0.15, 0.2) is 24.3 Å². The lowest BCUT2D eigenvalue weighted by Gasteiger charge is -2.17. The van der Waals surface area contributed by atoms with Crippen LogP contribution in [0.2, 0.25) is 0 Å². The number of benzene rings is 1. The molecular formula is C15H20N4O2. The van der Waals surface area contributed by atoms with Crippen LogP contribution in [0.5, 0.6) is 0 Å². The van der Waals surface area contributed by atoms with Crippen LogP contribution < -0.4 is 10.6 Å². The lowest BCUT2D eigenvalue weighted by molar-refractivity contribution is -0.136. The summed E-state index contributed by atoms with van der Waals surface area (Å²) >= 11 is 0. The number of anilines is 1. The van der Waals surface area contributed by atoms with Crippen LogP contribution in [0, 0.1) is 11.3 Å². The molecule has 6 heteroatoms. The van der Waals surface area contributed by atoms with Crippen LogP contribution in [-0.4, -0.2) is 42.9 Å². The van der Waals surface area contributed by atoms with E-state index >= 15 is 0 Å². The Kier molecular flexibility index (Phi) is 6.92. The first kappa shape index (κ1) is 16.7. The van der Waals surface area contributed by atoms with Gasteiger partial charge < -0.3 is 15.5 Å². The third kappa shape index (κ3) is 5.63. The van der Waals surface area contributed by atoms with Crippen molar-refractivity contribution in [3.8, 4) is 6.07 Å². The molecule has 1 aromatic rings. The van der Waals surface area contributed by atoms with Gasteiger partial charge in [-0.05, 0) is 37.4 Å². The number of hydrogen-bond acceptors (Lipinski definition) is 4. The van der Waals surface area contributed by atoms with Crippen LogP contribution >= 0.6 is 0 Å². The van der Waals surface area contributed by atoms with Crippen LogP contribution in [0.4, 0.5) is 5.69 Å². The maximum atomic E-state index is 11.7. The number of nitrogens with zero attached hydrogens (tertiary/aromatic N) is 2. The largest absolute Gasteiger partial charge is 0.347 e. The second-order valence-corrected chi connectivity index (χ2v) is 4.43. The van der Waals surface area contributed by atoms with E-state index in [-0.39, 0.29) is 0 Å². The number of nitriles is 1. The van der Waals surface area contributed by atoms with Gasteiger partial charge in [0.25, 0.3) is 0 Å². The predicted octanol–water partition coefficient (Wildman–Crippen LogP) is 0.955. The van der Waals surface area contributed by atoms with Gasteiger partial charge in [-0.25, -0.2) is 0 Å². The molecule has 0 saturated carbocycles. The minimum Gasteiger partial charge on any atom is -0.347 e. The molecule has 0 aromatic heterocycles. The van der Waals surface area contributed by atoms with E-state index in [0.717, 1.165) is 13.1 Å². The van der Waals surface area contributed by atoms with Crippen molar-refractivity contribution in [2.24, 2.45) is 0 Å². The van der Waals surface area contributed by atoms with Gasteiger partial charge in [0.05, 0.1) is 11.6 Å². The number of nitrogens with one attached hydrogen (secondary N) is 2. The third-order valence-corrected chi connectivity index (χ3v) is 3.09. The van der Waals surface area contributed by atoms with Crippen LogP contribution in [0.25, 0.3) is 0 Å². The molecule has 0 aliphatic heterocycles. The minimum absolute atomic E-state index is 0.432. The maximum Gasteiger partial charge on any atom is 0.313 e. The van der Waals surface area contributed by atoms with Crippen LogP contribution in [0.3, 0.4) is 0 Å². The summed E-state index contributed by atoms with van der Waals surface area (Å²) in [4.78, 5) is 25.5. The van der Waals surface area contributed by atoms with E-state index in [4.69, 9.17) is 5.26 Å². The van der Waals surface area contributed by atoms with Gasteiger partial charge in [0.15, 0.2) is 0 Å². The second kappa shape index (κ2) is 8.72. The van der Waals surface area contributed by atoms with Gasteiger partial charge in [0.2, 0.25) is 0 Å². The van der Waals surface area contributed by atoms with E-state index in [0.29, 0.717) is 24.3 Å². The van der Waals surface area contributed by atoms with Gasteiger partial charge >= 0.3 is 11.8 Å². The first-order chi connectivity index (χ1) is 10.1. The maximum absolute atomic E-state index is 11.7. The van der Waals surface area contributed by atoms with E-state index in [9.17, 15) is 9.59 Å². The second-order valence-electron chi connectivity index (χ2n) is 4.43. The molecule has 0 aliphatic rings. The molecule has 6 nitrogen and oxygen atoms in total. The minimum atomic E-state index is -0.709. The molecule has 0 unspecified atom stereocenters. The Balaban J connectivity index is 2.40. The van der Waals surface area contributed by atoms with Crippen LogP contribution in [0.1, 0.15) is 19.4 Å². The monoisotopic (exact) mass is 288 g/mol. The molecule has 1 rings (SSSR count). The Morgan fingerprint density at radius 1 is 1.14 bits per heavy atom. The highest BCUT2D eigenvalue weighted by Gasteiger charge is 2.13. The number of rotatable bonds is 6. The van der Waals surface area contributed by atoms with Gasteiger partial charge in [0.1, 0.15) is 0 Å². The van der Waals surface area contributed by atoms with Gasteiger partial charge in [-0.15, -0.1) is 0 Å². The zero-order chi connectivity index (χ0) is 15.7. The van der Waals surface area contributed by atoms with Crippen molar-refractivity contribution in [3.63, 3.8) is 0 Å². The van der Waals surface area contributed by atoms with Crippen molar-refractivity contribution in [2.75, 3.05) is 31.5 Å². The molecule has 2 N–H and O–H groups in total. The summed E-state index contributed by atoms with van der Waals surface area (Å²) in [7, 11) is 0. The molecule has 21 heavy (non-hydrogen) atoms. The standard InChI is InChI=1S/C15H20N4O2/c1-3-19(4-2)10-9-17-14(20)15(21)18-13-7-5-12(11-16)6-8-13/h5-8H,3-4,9-10H2,1-2H3,(H,17,20)(H,18,21). The Morgan fingerprint density at radius 2 is 1.76 bits per heavy atom. The lowest BCUT2D eigenvalue weighted by Crippen LogP contribution is -2.40. The number of amides is 2. The number of carbonyl (C=O) groups is 2. The highest BCUT2D eigenvalue weighted by molar-refractivity contribution is 6.39. The molecular weight excluding hydrogens is 268 g/mol. The molecule has 2 amide bonds. The number of likely N-dealkylation sites (N-methyl/N-ethyl adjacent to an activating group) is 1. The smallest absolute Gasteiger partial charge is 0.313 e. The summed E-state index contributed by atoms with van der Waals surface area (Å²) in [6, 6.07) is 8.30. The lowest BCUT2D eigenvalue weighted by atomic mass is 10.2. The molecule has 0 heterocycles. The molecule has 0 aliphatic carbocycles. The Morgan fingerprint density at radius 3 is 2.29 bits per heavy atom. The molecule has 0 bridgehead atoms. The van der Waals surface area contributed by atoms with E-state index < -0.39 is 11.8 Å². The Hall–Kier alpha value is -2.39. The fourth-order valence-corrected chi connectivity index (χ4v) is 1.76. The summed E-state index contributed by atoms with van der Waals surface area (Å²) in [6.07, 6.45) is 0. The molecule has 0 spiro atoms. The van der Waals surface area contributed by atoms with E-state index in [1.165, 1.54) is 0 Å². The zero-order valence-corrected chi connectivity index (χ0v) is 12.3. The number of hydrogen-bond donors (Lipinski definition) is 2. The first-order valence-electron chi connectivity index (χ1n) is 6.92. The summed E-state index contributed by atoms with van der Waals surface area (Å²) in [5, 5.41) is 13.7. The SMILES string of the molecule is CCN(CC)CCNC(=O)C(=O)Nc1ccc(C#N)cc1. The molecule has 0 atom stereocenters. The van der Waals surface area contributed by atoms with E-state index in [1.54, 1.807) is 24.3 Å². The third-order valence-electron chi connectivity index (χ3n) is 3.09. The van der Waals surface area contributed by atoms with Crippen molar-refractivity contribution in [2.45, 2.75) is 13.8 Å². The van der Waals surface area contributed by atoms with Crippen LogP contribution in [-0.2, 0) is 9.59 Å². The average molecular weight is 288 g/mol. The van der Waals surface area contributed by atoms with Crippen molar-refractivity contribution >= 4 is 17.5 Å². The fraction of sp³-hybridized carbons (Fsp3) is 0.400. The first-order valence-corrected chi connectivity index (χ1v) is 6.92. The average Bonchev–Trinajstić information content (AvgIpc) is 2.52. The summed E-state index contributed by atoms with van der Waals surface area (Å²) < 4.78 is 0. The van der Waals surface area contributed by atoms with Crippen molar-refractivity contribution in [1.29, 1.82) is 5.26 Å². The number of carbonyl (C=O) groups excluding carboxylic acids is 2. The molecule has 0 radical (unpaired) electrons. The van der Waals surface area contributed by atoms with Gasteiger partial charge in [-0.3, -0.25) is 9.59 Å². The Labute approximate surface area is 124 Å². The van der Waals surface area contributed by atoms with Gasteiger partial charge in [-0.1, -0.05) is 13.8 Å². The van der Waals surface area contributed by atoms with E-state index in [2.05, 4.69) is 15.5 Å². The van der Waals surface area contributed by atoms with Gasteiger partial charge in [0, 0.05) is 18.8 Å². The predicted molar refractivity (Wildman–Crippen MR) is 80.6 cm³/mol. The van der Waals surface area contributed by atoms with E-state index in [1.807, 2.05) is 19.9 Å². The van der Waals surface area contributed by atoms with Crippen molar-refractivity contribution in [1.82, 2.24) is 10.2 Å². The van der Waals surface area contributed by atoms with Gasteiger partial charge in [-0.2, -0.15) is 5.26 Å². The fourth-order valence-electron chi connectivity index (χ4n) is 1.76.